The fourth-order valence-corrected chi connectivity index (χ4v) is 2.64. The van der Waals surface area contributed by atoms with Gasteiger partial charge in [0.25, 0.3) is 0 Å². The number of hydrogen-bond donors (Lipinski definition) is 2. The van der Waals surface area contributed by atoms with Crippen LogP contribution in [0.1, 0.15) is 13.8 Å². The number of nitrogens with one attached hydrogen (secondary N) is 1. The number of benzene rings is 1. The molecule has 0 saturated carbocycles. The van der Waals surface area contributed by atoms with Gasteiger partial charge in [-0.05, 0) is 38.1 Å². The Morgan fingerprint density at radius 2 is 1.81 bits per heavy atom. The van der Waals surface area contributed by atoms with E-state index in [9.17, 15) is 9.18 Å². The molecule has 1 saturated heterocycles. The number of hydrazine groups is 1. The number of halogens is 1. The highest BCUT2D eigenvalue weighted by Gasteiger charge is 2.30. The van der Waals surface area contributed by atoms with Gasteiger partial charge in [0, 0.05) is 38.4 Å². The fraction of sp³-hybridized carbons (Fsp3) is 0.533. The molecule has 0 unspecified atom stereocenters. The van der Waals surface area contributed by atoms with Crippen LogP contribution in [-0.4, -0.2) is 43.5 Å². The standard InChI is InChI=1S/C15H23FN4O/c1-15(2,14(21)18-17)11-19-7-9-20(10-8-19)13-5-3-12(16)4-6-13/h3-6H,7-11,17H2,1-2H3,(H,18,21). The molecule has 1 aliphatic heterocycles. The van der Waals surface area contributed by atoms with Crippen LogP contribution in [0.15, 0.2) is 24.3 Å². The number of amides is 1. The van der Waals surface area contributed by atoms with Crippen molar-refractivity contribution >= 4 is 11.6 Å². The second-order valence-corrected chi connectivity index (χ2v) is 6.10. The quantitative estimate of drug-likeness (QED) is 0.493. The molecule has 1 fully saturated rings. The monoisotopic (exact) mass is 294 g/mol. The van der Waals surface area contributed by atoms with E-state index in [1.54, 1.807) is 12.1 Å². The SMILES string of the molecule is CC(C)(CN1CCN(c2ccc(F)cc2)CC1)C(=O)NN. The zero-order chi connectivity index (χ0) is 15.5. The average Bonchev–Trinajstić information content (AvgIpc) is 2.47. The fourth-order valence-electron chi connectivity index (χ4n) is 2.64. The van der Waals surface area contributed by atoms with E-state index in [2.05, 4.69) is 15.2 Å². The van der Waals surface area contributed by atoms with Crippen LogP contribution in [0.2, 0.25) is 0 Å². The maximum Gasteiger partial charge on any atom is 0.240 e. The van der Waals surface area contributed by atoms with Crippen LogP contribution < -0.4 is 16.2 Å². The average molecular weight is 294 g/mol. The molecular formula is C15H23FN4O. The molecule has 0 spiro atoms. The van der Waals surface area contributed by atoms with Crippen molar-refractivity contribution < 1.29 is 9.18 Å². The summed E-state index contributed by atoms with van der Waals surface area (Å²) in [5, 5.41) is 0. The Hall–Kier alpha value is -1.66. The van der Waals surface area contributed by atoms with Crippen LogP contribution in [0, 0.1) is 11.2 Å². The number of carbonyl (C=O) groups excluding carboxylic acids is 1. The largest absolute Gasteiger partial charge is 0.369 e. The molecule has 3 N–H and O–H groups in total. The molecule has 0 aromatic heterocycles. The summed E-state index contributed by atoms with van der Waals surface area (Å²) in [5.74, 6) is 4.85. The first-order valence-corrected chi connectivity index (χ1v) is 7.16. The summed E-state index contributed by atoms with van der Waals surface area (Å²) in [6, 6.07) is 6.57. The zero-order valence-corrected chi connectivity index (χ0v) is 12.6. The minimum atomic E-state index is -0.507. The van der Waals surface area contributed by atoms with Gasteiger partial charge in [-0.15, -0.1) is 0 Å². The number of anilines is 1. The molecule has 0 aliphatic carbocycles. The second-order valence-electron chi connectivity index (χ2n) is 6.10. The van der Waals surface area contributed by atoms with Crippen LogP contribution in [0.5, 0.6) is 0 Å². The van der Waals surface area contributed by atoms with Gasteiger partial charge in [-0.1, -0.05) is 0 Å². The Bertz CT molecular complexity index is 481. The summed E-state index contributed by atoms with van der Waals surface area (Å²) in [4.78, 5) is 16.2. The molecule has 0 radical (unpaired) electrons. The zero-order valence-electron chi connectivity index (χ0n) is 12.6. The van der Waals surface area contributed by atoms with Crippen molar-refractivity contribution in [1.29, 1.82) is 0 Å². The van der Waals surface area contributed by atoms with E-state index in [1.807, 2.05) is 13.8 Å². The third-order valence-electron chi connectivity index (χ3n) is 3.93. The van der Waals surface area contributed by atoms with Crippen LogP contribution in [0.25, 0.3) is 0 Å². The van der Waals surface area contributed by atoms with Gasteiger partial charge in [0.15, 0.2) is 0 Å². The van der Waals surface area contributed by atoms with Crippen molar-refractivity contribution in [2.24, 2.45) is 11.3 Å². The lowest BCUT2D eigenvalue weighted by Crippen LogP contribution is -2.52. The van der Waals surface area contributed by atoms with E-state index in [0.717, 1.165) is 31.9 Å². The van der Waals surface area contributed by atoms with Gasteiger partial charge in [0.1, 0.15) is 5.82 Å². The summed E-state index contributed by atoms with van der Waals surface area (Å²) < 4.78 is 12.9. The minimum absolute atomic E-state index is 0.150. The van der Waals surface area contributed by atoms with Gasteiger partial charge in [-0.2, -0.15) is 0 Å². The van der Waals surface area contributed by atoms with Crippen molar-refractivity contribution in [2.75, 3.05) is 37.6 Å². The molecule has 21 heavy (non-hydrogen) atoms. The van der Waals surface area contributed by atoms with E-state index in [1.165, 1.54) is 12.1 Å². The Balaban J connectivity index is 1.88. The first kappa shape index (κ1) is 15.7. The molecule has 2 rings (SSSR count). The molecule has 5 nitrogen and oxygen atoms in total. The van der Waals surface area contributed by atoms with E-state index in [0.29, 0.717) is 6.54 Å². The lowest BCUT2D eigenvalue weighted by Gasteiger charge is -2.39. The number of nitrogens with two attached hydrogens (primary N) is 1. The van der Waals surface area contributed by atoms with Crippen LogP contribution in [0.3, 0.4) is 0 Å². The molecular weight excluding hydrogens is 271 g/mol. The van der Waals surface area contributed by atoms with Crippen molar-refractivity contribution in [3.8, 4) is 0 Å². The molecule has 6 heteroatoms. The molecule has 0 bridgehead atoms. The summed E-state index contributed by atoms with van der Waals surface area (Å²) in [5.41, 5.74) is 2.75. The van der Waals surface area contributed by atoms with Gasteiger partial charge < -0.3 is 4.90 Å². The first-order valence-electron chi connectivity index (χ1n) is 7.16. The van der Waals surface area contributed by atoms with Crippen molar-refractivity contribution in [1.82, 2.24) is 10.3 Å². The Labute approximate surface area is 124 Å². The van der Waals surface area contributed by atoms with Gasteiger partial charge in [-0.3, -0.25) is 15.1 Å². The number of piperazine rings is 1. The Morgan fingerprint density at radius 3 is 2.33 bits per heavy atom. The summed E-state index contributed by atoms with van der Waals surface area (Å²) in [6.07, 6.45) is 0. The second kappa shape index (κ2) is 6.41. The first-order chi connectivity index (χ1) is 9.92. The van der Waals surface area contributed by atoms with Crippen molar-refractivity contribution in [3.05, 3.63) is 30.1 Å². The molecule has 1 aliphatic rings. The van der Waals surface area contributed by atoms with E-state index >= 15 is 0 Å². The van der Waals surface area contributed by atoms with Gasteiger partial charge in [0.2, 0.25) is 5.91 Å². The van der Waals surface area contributed by atoms with E-state index in [4.69, 9.17) is 5.84 Å². The smallest absolute Gasteiger partial charge is 0.240 e. The van der Waals surface area contributed by atoms with Gasteiger partial charge in [-0.25, -0.2) is 10.2 Å². The highest BCUT2D eigenvalue weighted by molar-refractivity contribution is 5.81. The Kier molecular flexibility index (Phi) is 4.80. The lowest BCUT2D eigenvalue weighted by atomic mass is 9.91. The third kappa shape index (κ3) is 3.92. The van der Waals surface area contributed by atoms with E-state index < -0.39 is 5.41 Å². The summed E-state index contributed by atoms with van der Waals surface area (Å²) in [7, 11) is 0. The van der Waals surface area contributed by atoms with Crippen LogP contribution >= 0.6 is 0 Å². The van der Waals surface area contributed by atoms with Crippen LogP contribution in [0.4, 0.5) is 10.1 Å². The summed E-state index contributed by atoms with van der Waals surface area (Å²) in [6.45, 7) is 7.94. The van der Waals surface area contributed by atoms with E-state index in [-0.39, 0.29) is 11.7 Å². The van der Waals surface area contributed by atoms with Crippen LogP contribution in [-0.2, 0) is 4.79 Å². The minimum Gasteiger partial charge on any atom is -0.369 e. The van der Waals surface area contributed by atoms with Gasteiger partial charge >= 0.3 is 0 Å². The van der Waals surface area contributed by atoms with Gasteiger partial charge in [0.05, 0.1) is 5.41 Å². The Morgan fingerprint density at radius 1 is 1.24 bits per heavy atom. The predicted octanol–water partition coefficient (Wildman–Crippen LogP) is 0.964. The number of hydrogen-bond acceptors (Lipinski definition) is 4. The summed E-state index contributed by atoms with van der Waals surface area (Å²) >= 11 is 0. The molecule has 1 aromatic carbocycles. The molecule has 116 valence electrons. The molecule has 0 atom stereocenters. The lowest BCUT2D eigenvalue weighted by molar-refractivity contribution is -0.130. The number of carbonyl (C=O) groups is 1. The topological polar surface area (TPSA) is 61.6 Å². The third-order valence-corrected chi connectivity index (χ3v) is 3.93. The molecule has 1 aromatic rings. The number of rotatable bonds is 4. The predicted molar refractivity (Wildman–Crippen MR) is 81.2 cm³/mol. The maximum absolute atomic E-state index is 12.9. The normalized spacial score (nSPS) is 16.9. The van der Waals surface area contributed by atoms with Crippen molar-refractivity contribution in [2.45, 2.75) is 13.8 Å². The highest BCUT2D eigenvalue weighted by Crippen LogP contribution is 2.21. The number of nitrogens with zero attached hydrogens (tertiary/aromatic N) is 2. The van der Waals surface area contributed by atoms with Crippen molar-refractivity contribution in [3.63, 3.8) is 0 Å². The maximum atomic E-state index is 12.9. The molecule has 1 heterocycles. The highest BCUT2D eigenvalue weighted by atomic mass is 19.1. The molecule has 1 amide bonds.